The highest BCUT2D eigenvalue weighted by Crippen LogP contribution is 2.33. The minimum atomic E-state index is -1.23. The molecule has 1 aliphatic rings. The van der Waals surface area contributed by atoms with Crippen LogP contribution in [0.15, 0.2) is 48.2 Å². The van der Waals surface area contributed by atoms with Crippen LogP contribution in [0.3, 0.4) is 0 Å². The number of hydrogen-bond acceptors (Lipinski definition) is 4. The van der Waals surface area contributed by atoms with E-state index in [9.17, 15) is 14.7 Å². The molecular formula is C18H15NO5. The van der Waals surface area contributed by atoms with Crippen molar-refractivity contribution in [2.24, 2.45) is 0 Å². The van der Waals surface area contributed by atoms with Crippen molar-refractivity contribution in [2.75, 3.05) is 6.79 Å². The number of rotatable bonds is 4. The maximum atomic E-state index is 12.2. The zero-order valence-corrected chi connectivity index (χ0v) is 12.9. The number of amides is 1. The normalized spacial score (nSPS) is 12.8. The average molecular weight is 325 g/mol. The van der Waals surface area contributed by atoms with Gasteiger partial charge < -0.3 is 19.9 Å². The number of carbonyl (C=O) groups is 2. The summed E-state index contributed by atoms with van der Waals surface area (Å²) in [6.07, 6.45) is 1.37. The van der Waals surface area contributed by atoms with Gasteiger partial charge in [0.25, 0.3) is 5.91 Å². The Morgan fingerprint density at radius 2 is 1.92 bits per heavy atom. The minimum absolute atomic E-state index is 0.137. The molecule has 0 unspecified atom stereocenters. The lowest BCUT2D eigenvalue weighted by Gasteiger charge is -2.07. The Bertz CT molecular complexity index is 841. The van der Waals surface area contributed by atoms with Gasteiger partial charge in [0.2, 0.25) is 6.79 Å². The van der Waals surface area contributed by atoms with Gasteiger partial charge >= 0.3 is 5.97 Å². The molecule has 6 heteroatoms. The molecule has 3 rings (SSSR count). The maximum absolute atomic E-state index is 12.2. The van der Waals surface area contributed by atoms with Gasteiger partial charge in [-0.05, 0) is 42.8 Å². The summed E-state index contributed by atoms with van der Waals surface area (Å²) in [5.74, 6) is -0.562. The number of carboxylic acid groups (broad SMARTS) is 1. The Hall–Kier alpha value is -3.28. The van der Waals surface area contributed by atoms with Gasteiger partial charge in [0.05, 0.1) is 0 Å². The quantitative estimate of drug-likeness (QED) is 0.844. The number of hydrogen-bond donors (Lipinski definition) is 2. The van der Waals surface area contributed by atoms with Crippen molar-refractivity contribution in [3.63, 3.8) is 0 Å². The molecule has 1 amide bonds. The lowest BCUT2D eigenvalue weighted by Crippen LogP contribution is -2.27. The van der Waals surface area contributed by atoms with Crippen molar-refractivity contribution in [3.8, 4) is 11.5 Å². The van der Waals surface area contributed by atoms with Gasteiger partial charge in [-0.25, -0.2) is 4.79 Å². The van der Waals surface area contributed by atoms with Crippen LogP contribution in [0, 0.1) is 6.92 Å². The molecule has 0 saturated heterocycles. The molecule has 2 N–H and O–H groups in total. The minimum Gasteiger partial charge on any atom is -0.477 e. The molecule has 0 fully saturated rings. The molecule has 1 aliphatic heterocycles. The highest BCUT2D eigenvalue weighted by atomic mass is 16.7. The van der Waals surface area contributed by atoms with Crippen LogP contribution in [-0.4, -0.2) is 23.8 Å². The SMILES string of the molecule is Cc1cccc(C(=O)NC(=Cc2ccc3c(c2)OCO3)C(=O)O)c1. The Labute approximate surface area is 138 Å². The Morgan fingerprint density at radius 3 is 2.67 bits per heavy atom. The zero-order chi connectivity index (χ0) is 17.1. The van der Waals surface area contributed by atoms with Gasteiger partial charge in [0.1, 0.15) is 5.70 Å². The largest absolute Gasteiger partial charge is 0.477 e. The van der Waals surface area contributed by atoms with E-state index in [-0.39, 0.29) is 12.5 Å². The summed E-state index contributed by atoms with van der Waals surface area (Å²) < 4.78 is 10.5. The zero-order valence-electron chi connectivity index (χ0n) is 12.9. The fourth-order valence-electron chi connectivity index (χ4n) is 2.30. The van der Waals surface area contributed by atoms with E-state index in [1.807, 2.05) is 13.0 Å². The van der Waals surface area contributed by atoms with Crippen molar-refractivity contribution < 1.29 is 24.2 Å². The molecule has 0 aliphatic carbocycles. The molecule has 0 bridgehead atoms. The molecule has 0 spiro atoms. The number of ether oxygens (including phenoxy) is 2. The average Bonchev–Trinajstić information content (AvgIpc) is 3.01. The Balaban J connectivity index is 1.84. The van der Waals surface area contributed by atoms with Gasteiger partial charge in [-0.1, -0.05) is 23.8 Å². The van der Waals surface area contributed by atoms with Crippen LogP contribution in [-0.2, 0) is 4.79 Å². The topological polar surface area (TPSA) is 84.9 Å². The van der Waals surface area contributed by atoms with Crippen molar-refractivity contribution in [1.82, 2.24) is 5.32 Å². The summed E-state index contributed by atoms with van der Waals surface area (Å²) in [6, 6.07) is 12.0. The molecule has 0 saturated carbocycles. The summed E-state index contributed by atoms with van der Waals surface area (Å²) in [5, 5.41) is 11.8. The summed E-state index contributed by atoms with van der Waals surface area (Å²) >= 11 is 0. The number of aliphatic carboxylic acids is 1. The third-order valence-electron chi connectivity index (χ3n) is 3.47. The van der Waals surface area contributed by atoms with E-state index in [1.54, 1.807) is 36.4 Å². The van der Waals surface area contributed by atoms with Crippen LogP contribution in [0.1, 0.15) is 21.5 Å². The number of fused-ring (bicyclic) bond motifs is 1. The van der Waals surface area contributed by atoms with Crippen LogP contribution in [0.25, 0.3) is 6.08 Å². The first-order valence-corrected chi connectivity index (χ1v) is 7.25. The van der Waals surface area contributed by atoms with Crippen LogP contribution in [0.4, 0.5) is 0 Å². The van der Waals surface area contributed by atoms with E-state index < -0.39 is 11.9 Å². The van der Waals surface area contributed by atoms with E-state index >= 15 is 0 Å². The van der Waals surface area contributed by atoms with Gasteiger partial charge in [0, 0.05) is 5.56 Å². The van der Waals surface area contributed by atoms with Crippen molar-refractivity contribution in [2.45, 2.75) is 6.92 Å². The highest BCUT2D eigenvalue weighted by molar-refractivity contribution is 6.02. The van der Waals surface area contributed by atoms with Gasteiger partial charge in [-0.3, -0.25) is 4.79 Å². The second kappa shape index (κ2) is 6.45. The third-order valence-corrected chi connectivity index (χ3v) is 3.47. The van der Waals surface area contributed by atoms with E-state index in [1.165, 1.54) is 6.08 Å². The van der Waals surface area contributed by atoms with Crippen molar-refractivity contribution in [1.29, 1.82) is 0 Å². The third kappa shape index (κ3) is 3.38. The standard InChI is InChI=1S/C18H15NO5/c1-11-3-2-4-13(7-11)17(20)19-14(18(21)22)8-12-5-6-15-16(9-12)24-10-23-15/h2-9H,10H2,1H3,(H,19,20)(H,21,22). The van der Waals surface area contributed by atoms with Crippen molar-refractivity contribution in [3.05, 3.63) is 64.9 Å². The molecule has 2 aromatic carbocycles. The van der Waals surface area contributed by atoms with Gasteiger partial charge in [-0.15, -0.1) is 0 Å². The molecule has 0 atom stereocenters. The van der Waals surface area contributed by atoms with E-state index in [4.69, 9.17) is 9.47 Å². The maximum Gasteiger partial charge on any atom is 0.352 e. The van der Waals surface area contributed by atoms with Gasteiger partial charge in [-0.2, -0.15) is 0 Å². The van der Waals surface area contributed by atoms with Crippen LogP contribution < -0.4 is 14.8 Å². The fraction of sp³-hybridized carbons (Fsp3) is 0.111. The summed E-state index contributed by atoms with van der Waals surface area (Å²) in [4.78, 5) is 23.7. The molecule has 0 aromatic heterocycles. The second-order valence-electron chi connectivity index (χ2n) is 5.30. The predicted molar refractivity (Wildman–Crippen MR) is 86.8 cm³/mol. The second-order valence-corrected chi connectivity index (χ2v) is 5.30. The summed E-state index contributed by atoms with van der Waals surface area (Å²) in [7, 11) is 0. The first-order chi connectivity index (χ1) is 11.5. The molecule has 2 aromatic rings. The van der Waals surface area contributed by atoms with E-state index in [0.29, 0.717) is 22.6 Å². The number of benzene rings is 2. The Morgan fingerprint density at radius 1 is 1.12 bits per heavy atom. The van der Waals surface area contributed by atoms with Crippen LogP contribution in [0.5, 0.6) is 11.5 Å². The summed E-state index contributed by atoms with van der Waals surface area (Å²) in [6.45, 7) is 2.00. The number of nitrogens with one attached hydrogen (secondary N) is 1. The molecule has 1 heterocycles. The van der Waals surface area contributed by atoms with Crippen LogP contribution >= 0.6 is 0 Å². The monoisotopic (exact) mass is 325 g/mol. The van der Waals surface area contributed by atoms with Gasteiger partial charge in [0.15, 0.2) is 11.5 Å². The number of aryl methyl sites for hydroxylation is 1. The smallest absolute Gasteiger partial charge is 0.352 e. The van der Waals surface area contributed by atoms with Crippen LogP contribution in [0.2, 0.25) is 0 Å². The number of carbonyl (C=O) groups excluding carboxylic acids is 1. The van der Waals surface area contributed by atoms with E-state index in [2.05, 4.69) is 5.32 Å². The predicted octanol–water partition coefficient (Wildman–Crippen LogP) is 2.58. The lowest BCUT2D eigenvalue weighted by molar-refractivity contribution is -0.132. The Kier molecular flexibility index (Phi) is 4.20. The molecule has 122 valence electrons. The molecule has 0 radical (unpaired) electrons. The first kappa shape index (κ1) is 15.6. The number of carboxylic acids is 1. The van der Waals surface area contributed by atoms with E-state index in [0.717, 1.165) is 5.56 Å². The lowest BCUT2D eigenvalue weighted by atomic mass is 10.1. The molecular weight excluding hydrogens is 310 g/mol. The first-order valence-electron chi connectivity index (χ1n) is 7.25. The van der Waals surface area contributed by atoms with Crippen molar-refractivity contribution >= 4 is 18.0 Å². The highest BCUT2D eigenvalue weighted by Gasteiger charge is 2.16. The summed E-state index contributed by atoms with van der Waals surface area (Å²) in [5.41, 5.74) is 1.67. The molecule has 6 nitrogen and oxygen atoms in total. The molecule has 24 heavy (non-hydrogen) atoms. The fourth-order valence-corrected chi connectivity index (χ4v) is 2.30.